The van der Waals surface area contributed by atoms with Gasteiger partial charge in [-0.2, -0.15) is 0 Å². The smallest absolute Gasteiger partial charge is 0.0709 e. The lowest BCUT2D eigenvalue weighted by molar-refractivity contribution is 0.543. The van der Waals surface area contributed by atoms with Crippen molar-refractivity contribution in [2.75, 3.05) is 0 Å². The zero-order valence-electron chi connectivity index (χ0n) is 20.5. The number of hydrogen-bond acceptors (Lipinski definition) is 2. The van der Waals surface area contributed by atoms with Crippen molar-refractivity contribution in [1.29, 1.82) is 0 Å². The van der Waals surface area contributed by atoms with Gasteiger partial charge < -0.3 is 9.97 Å². The fourth-order valence-electron chi connectivity index (χ4n) is 4.86. The third-order valence-electron chi connectivity index (χ3n) is 7.38. The van der Waals surface area contributed by atoms with E-state index in [4.69, 9.17) is 33.2 Å². The summed E-state index contributed by atoms with van der Waals surface area (Å²) in [7, 11) is 0. The van der Waals surface area contributed by atoms with E-state index in [0.29, 0.717) is 10.0 Å². The van der Waals surface area contributed by atoms with Crippen molar-refractivity contribution in [3.8, 4) is 0 Å². The summed E-state index contributed by atoms with van der Waals surface area (Å²) >= 11 is 13.5. The molecule has 0 spiro atoms. The largest absolute Gasteiger partial charge is 0.361 e. The van der Waals surface area contributed by atoms with Gasteiger partial charge in [-0.15, -0.1) is 0 Å². The van der Waals surface area contributed by atoms with Crippen LogP contribution < -0.4 is 0 Å². The SMILES string of the molecule is CC1(C)c2ccc(Cl)c(n2)C(C)(C)c2ccc(Cl)c(n2)C(C)(C)c2ccc([nH]2)Cc2ccc1[nH]2. The summed E-state index contributed by atoms with van der Waals surface area (Å²) in [6.07, 6.45) is 0.777. The van der Waals surface area contributed by atoms with Crippen LogP contribution in [0, 0.1) is 0 Å². The Morgan fingerprint density at radius 2 is 1.03 bits per heavy atom. The predicted molar refractivity (Wildman–Crippen MR) is 139 cm³/mol. The van der Waals surface area contributed by atoms with E-state index in [-0.39, 0.29) is 5.41 Å². The molecule has 34 heavy (non-hydrogen) atoms. The molecule has 1 aliphatic heterocycles. The first kappa shape index (κ1) is 23.2. The molecule has 1 aliphatic rings. The van der Waals surface area contributed by atoms with Crippen LogP contribution in [0.25, 0.3) is 0 Å². The Morgan fingerprint density at radius 3 is 1.56 bits per heavy atom. The van der Waals surface area contributed by atoms with E-state index < -0.39 is 10.8 Å². The quantitative estimate of drug-likeness (QED) is 0.270. The highest BCUT2D eigenvalue weighted by Gasteiger charge is 2.36. The van der Waals surface area contributed by atoms with E-state index in [2.05, 4.69) is 75.8 Å². The Kier molecular flexibility index (Phi) is 5.27. The maximum absolute atomic E-state index is 6.75. The Hall–Kier alpha value is -2.56. The van der Waals surface area contributed by atoms with Crippen molar-refractivity contribution in [2.45, 2.75) is 64.2 Å². The van der Waals surface area contributed by atoms with Gasteiger partial charge in [0.25, 0.3) is 0 Å². The maximum atomic E-state index is 6.75. The van der Waals surface area contributed by atoms with Crippen molar-refractivity contribution in [1.82, 2.24) is 19.9 Å². The lowest BCUT2D eigenvalue weighted by Gasteiger charge is -2.31. The van der Waals surface area contributed by atoms with Gasteiger partial charge in [0.05, 0.1) is 38.2 Å². The summed E-state index contributed by atoms with van der Waals surface area (Å²) in [5.74, 6) is 0. The first-order valence-electron chi connectivity index (χ1n) is 11.6. The topological polar surface area (TPSA) is 57.4 Å². The summed E-state index contributed by atoms with van der Waals surface area (Å²) < 4.78 is 0. The highest BCUT2D eigenvalue weighted by Crippen LogP contribution is 2.40. The molecule has 6 heteroatoms. The molecule has 0 aliphatic carbocycles. The minimum absolute atomic E-state index is 0.327. The average Bonchev–Trinajstić information content (AvgIpc) is 3.44. The second-order valence-electron chi connectivity index (χ2n) is 10.9. The Balaban J connectivity index is 1.80. The van der Waals surface area contributed by atoms with Crippen molar-refractivity contribution >= 4 is 23.2 Å². The molecule has 0 atom stereocenters. The second kappa shape index (κ2) is 7.73. The summed E-state index contributed by atoms with van der Waals surface area (Å²) in [4.78, 5) is 17.5. The van der Waals surface area contributed by atoms with Gasteiger partial charge in [-0.25, -0.2) is 0 Å². The molecule has 4 aromatic rings. The predicted octanol–water partition coefficient (Wildman–Crippen LogP) is 7.32. The number of nitrogens with zero attached hydrogens (tertiary/aromatic N) is 2. The molecule has 4 aromatic heterocycles. The molecule has 2 N–H and O–H groups in total. The molecule has 0 fully saturated rings. The minimum Gasteiger partial charge on any atom is -0.361 e. The average molecular weight is 493 g/mol. The Bertz CT molecular complexity index is 1390. The third-order valence-corrected chi connectivity index (χ3v) is 7.99. The summed E-state index contributed by atoms with van der Waals surface area (Å²) in [5, 5.41) is 1.27. The number of rotatable bonds is 0. The number of aromatic amines is 2. The molecule has 8 bridgehead atoms. The second-order valence-corrected chi connectivity index (χ2v) is 11.7. The summed E-state index contributed by atoms with van der Waals surface area (Å²) in [6, 6.07) is 16.5. The third kappa shape index (κ3) is 3.59. The zero-order chi connectivity index (χ0) is 24.5. The van der Waals surface area contributed by atoms with Gasteiger partial charge in [-0.1, -0.05) is 23.2 Å². The van der Waals surface area contributed by atoms with Crippen molar-refractivity contribution in [3.05, 3.63) is 104 Å². The highest BCUT2D eigenvalue weighted by atomic mass is 35.5. The fraction of sp³-hybridized carbons (Fsp3) is 0.357. The van der Waals surface area contributed by atoms with E-state index in [1.807, 2.05) is 24.3 Å². The van der Waals surface area contributed by atoms with Crippen LogP contribution in [0.4, 0.5) is 0 Å². The van der Waals surface area contributed by atoms with Gasteiger partial charge in [0.2, 0.25) is 0 Å². The molecular formula is C28H30Cl2N4. The van der Waals surface area contributed by atoms with Gasteiger partial charge in [0.1, 0.15) is 0 Å². The molecule has 0 unspecified atom stereocenters. The molecule has 5 rings (SSSR count). The molecule has 0 radical (unpaired) electrons. The number of halogens is 2. The van der Waals surface area contributed by atoms with Crippen molar-refractivity contribution in [3.63, 3.8) is 0 Å². The normalized spacial score (nSPS) is 18.0. The molecule has 176 valence electrons. The van der Waals surface area contributed by atoms with E-state index in [1.54, 1.807) is 0 Å². The van der Waals surface area contributed by atoms with Crippen LogP contribution >= 0.6 is 23.2 Å². The van der Waals surface area contributed by atoms with Crippen LogP contribution in [0.5, 0.6) is 0 Å². The van der Waals surface area contributed by atoms with Crippen LogP contribution in [0.15, 0.2) is 48.5 Å². The van der Waals surface area contributed by atoms with Crippen LogP contribution in [-0.2, 0) is 22.7 Å². The molecular weight excluding hydrogens is 463 g/mol. The monoisotopic (exact) mass is 492 g/mol. The van der Waals surface area contributed by atoms with Crippen LogP contribution in [0.1, 0.15) is 87.1 Å². The van der Waals surface area contributed by atoms with Gasteiger partial charge in [-0.3, -0.25) is 9.97 Å². The minimum atomic E-state index is -0.530. The van der Waals surface area contributed by atoms with Crippen LogP contribution in [-0.4, -0.2) is 19.9 Å². The zero-order valence-corrected chi connectivity index (χ0v) is 22.0. The van der Waals surface area contributed by atoms with Crippen LogP contribution in [0.2, 0.25) is 10.0 Å². The first-order valence-corrected chi connectivity index (χ1v) is 12.4. The maximum Gasteiger partial charge on any atom is 0.0709 e. The van der Waals surface area contributed by atoms with Gasteiger partial charge >= 0.3 is 0 Å². The molecule has 0 saturated carbocycles. The van der Waals surface area contributed by atoms with E-state index in [0.717, 1.165) is 52.0 Å². The number of hydrogen-bond donors (Lipinski definition) is 2. The summed E-state index contributed by atoms with van der Waals surface area (Å²) in [5.41, 5.74) is 6.67. The fourth-order valence-corrected chi connectivity index (χ4v) is 5.55. The van der Waals surface area contributed by atoms with Gasteiger partial charge in [0.15, 0.2) is 0 Å². The van der Waals surface area contributed by atoms with Crippen molar-refractivity contribution in [2.24, 2.45) is 0 Å². The Morgan fingerprint density at radius 1 is 0.588 bits per heavy atom. The number of pyridine rings is 2. The molecule has 5 heterocycles. The first-order chi connectivity index (χ1) is 15.9. The van der Waals surface area contributed by atoms with E-state index in [9.17, 15) is 0 Å². The lowest BCUT2D eigenvalue weighted by Crippen LogP contribution is -2.29. The Labute approximate surface area is 211 Å². The molecule has 0 aromatic carbocycles. The number of H-pyrrole nitrogens is 2. The molecule has 0 amide bonds. The van der Waals surface area contributed by atoms with E-state index in [1.165, 1.54) is 0 Å². The lowest BCUT2D eigenvalue weighted by atomic mass is 9.80. The van der Waals surface area contributed by atoms with Gasteiger partial charge in [-0.05, 0) is 90.1 Å². The number of aromatic nitrogens is 4. The van der Waals surface area contributed by atoms with Crippen LogP contribution in [0.3, 0.4) is 0 Å². The summed E-state index contributed by atoms with van der Waals surface area (Å²) in [6.45, 7) is 12.9. The standard InChI is InChI=1S/C28H30Cl2N4/c1-26(2)20-11-7-16(31-20)15-17-8-12-22(32-17)27(3,4)24-19(30)10-14-23(34-24)28(5,6)25-18(29)9-13-21(26)33-25/h7-14,31-32H,15H2,1-6H3. The van der Waals surface area contributed by atoms with E-state index >= 15 is 0 Å². The molecule has 4 nitrogen and oxygen atoms in total. The molecule has 0 saturated heterocycles. The number of nitrogens with one attached hydrogen (secondary N) is 2. The van der Waals surface area contributed by atoms with Crippen molar-refractivity contribution < 1.29 is 0 Å². The van der Waals surface area contributed by atoms with Gasteiger partial charge in [0, 0.05) is 40.0 Å². The highest BCUT2D eigenvalue weighted by molar-refractivity contribution is 6.31. The number of fused-ring (bicyclic) bond motifs is 8.